The Morgan fingerprint density at radius 3 is 2.46 bits per heavy atom. The number of halogens is 1. The number of carbonyl (C=O) groups is 1. The minimum atomic E-state index is -0.0359. The molecule has 6 nitrogen and oxygen atoms in total. The average Bonchev–Trinajstić information content (AvgIpc) is 3.29. The summed E-state index contributed by atoms with van der Waals surface area (Å²) in [6.45, 7) is 3.85. The fourth-order valence-corrected chi connectivity index (χ4v) is 3.81. The van der Waals surface area contributed by atoms with E-state index in [9.17, 15) is 4.79 Å². The molecule has 0 radical (unpaired) electrons. The first-order valence-electron chi connectivity index (χ1n) is 9.59. The van der Waals surface area contributed by atoms with Crippen LogP contribution in [0.25, 0.3) is 0 Å². The number of amides is 1. The van der Waals surface area contributed by atoms with Crippen molar-refractivity contribution >= 4 is 35.8 Å². The van der Waals surface area contributed by atoms with Crippen molar-refractivity contribution in [3.63, 3.8) is 0 Å². The highest BCUT2D eigenvalue weighted by Crippen LogP contribution is 2.46. The maximum absolute atomic E-state index is 12.4. The third kappa shape index (κ3) is 4.68. The normalized spacial score (nSPS) is 21.8. The molecular weight excluding hydrogens is 467 g/mol. The zero-order valence-electron chi connectivity index (χ0n) is 16.1. The van der Waals surface area contributed by atoms with Crippen LogP contribution in [0.3, 0.4) is 0 Å². The van der Waals surface area contributed by atoms with Gasteiger partial charge in [0.05, 0.1) is 6.26 Å². The molecule has 2 heterocycles. The van der Waals surface area contributed by atoms with Gasteiger partial charge in [-0.05, 0) is 36.0 Å². The molecule has 1 N–H and O–H groups in total. The van der Waals surface area contributed by atoms with E-state index in [4.69, 9.17) is 4.42 Å². The maximum Gasteiger partial charge on any atom is 0.289 e. The predicted molar refractivity (Wildman–Crippen MR) is 120 cm³/mol. The molecule has 1 aliphatic heterocycles. The second kappa shape index (κ2) is 9.45. The molecule has 2 atom stereocenters. The molecule has 2 fully saturated rings. The van der Waals surface area contributed by atoms with E-state index in [1.807, 2.05) is 11.9 Å². The number of aliphatic imine (C=N–C) groups is 1. The predicted octanol–water partition coefficient (Wildman–Crippen LogP) is 3.03. The smallest absolute Gasteiger partial charge is 0.289 e. The SMILES string of the molecule is CN=C(NCC1CC1c1ccccc1)N1CCN(C(=O)c2ccco2)CC1.I. The number of guanidine groups is 1. The minimum Gasteiger partial charge on any atom is -0.459 e. The number of carbonyl (C=O) groups excluding carboxylic acids is 1. The molecule has 1 aromatic heterocycles. The van der Waals surface area contributed by atoms with Gasteiger partial charge >= 0.3 is 0 Å². The number of piperazine rings is 1. The van der Waals surface area contributed by atoms with Gasteiger partial charge in [-0.25, -0.2) is 0 Å². The van der Waals surface area contributed by atoms with Gasteiger partial charge in [-0.1, -0.05) is 30.3 Å². The van der Waals surface area contributed by atoms with Gasteiger partial charge in [0.15, 0.2) is 11.7 Å². The first kappa shape index (κ1) is 20.7. The van der Waals surface area contributed by atoms with Crippen molar-refractivity contribution in [1.82, 2.24) is 15.1 Å². The highest BCUT2D eigenvalue weighted by atomic mass is 127. The molecular formula is C21H27IN4O2. The van der Waals surface area contributed by atoms with Crippen LogP contribution in [0.15, 0.2) is 58.1 Å². The van der Waals surface area contributed by atoms with Crippen molar-refractivity contribution in [2.75, 3.05) is 39.8 Å². The van der Waals surface area contributed by atoms with Crippen LogP contribution in [0.5, 0.6) is 0 Å². The van der Waals surface area contributed by atoms with Crippen LogP contribution in [0.1, 0.15) is 28.5 Å². The molecule has 4 rings (SSSR count). The molecule has 2 aromatic rings. The van der Waals surface area contributed by atoms with Gasteiger partial charge in [-0.15, -0.1) is 24.0 Å². The van der Waals surface area contributed by atoms with Crippen LogP contribution in [-0.4, -0.2) is 61.4 Å². The lowest BCUT2D eigenvalue weighted by molar-refractivity contribution is 0.0657. The lowest BCUT2D eigenvalue weighted by Gasteiger charge is -2.36. The van der Waals surface area contributed by atoms with Crippen molar-refractivity contribution in [2.24, 2.45) is 10.9 Å². The summed E-state index contributed by atoms with van der Waals surface area (Å²) in [5.74, 6) is 2.64. The zero-order valence-corrected chi connectivity index (χ0v) is 18.4. The van der Waals surface area contributed by atoms with Gasteiger partial charge in [0.25, 0.3) is 5.91 Å². The Kier molecular flexibility index (Phi) is 6.98. The van der Waals surface area contributed by atoms with Crippen LogP contribution in [0.4, 0.5) is 0 Å². The van der Waals surface area contributed by atoms with E-state index < -0.39 is 0 Å². The van der Waals surface area contributed by atoms with E-state index in [-0.39, 0.29) is 29.9 Å². The van der Waals surface area contributed by atoms with Gasteiger partial charge in [0.1, 0.15) is 0 Å². The third-order valence-electron chi connectivity index (χ3n) is 5.48. The van der Waals surface area contributed by atoms with E-state index in [0.29, 0.717) is 30.7 Å². The number of nitrogens with one attached hydrogen (secondary N) is 1. The first-order chi connectivity index (χ1) is 13.3. The zero-order chi connectivity index (χ0) is 18.6. The quantitative estimate of drug-likeness (QED) is 0.404. The van der Waals surface area contributed by atoms with Crippen LogP contribution < -0.4 is 5.32 Å². The molecule has 2 aliphatic rings. The largest absolute Gasteiger partial charge is 0.459 e. The Labute approximate surface area is 183 Å². The molecule has 7 heteroatoms. The molecule has 150 valence electrons. The summed E-state index contributed by atoms with van der Waals surface area (Å²) in [7, 11) is 1.82. The Hall–Kier alpha value is -2.03. The van der Waals surface area contributed by atoms with Crippen LogP contribution in [-0.2, 0) is 0 Å². The first-order valence-corrected chi connectivity index (χ1v) is 9.59. The molecule has 0 spiro atoms. The van der Waals surface area contributed by atoms with Gasteiger partial charge in [-0.2, -0.15) is 0 Å². The monoisotopic (exact) mass is 494 g/mol. The Bertz CT molecular complexity index is 786. The Morgan fingerprint density at radius 2 is 1.82 bits per heavy atom. The van der Waals surface area contributed by atoms with Crippen LogP contribution in [0, 0.1) is 5.92 Å². The Balaban J connectivity index is 0.00000225. The topological polar surface area (TPSA) is 61.1 Å². The van der Waals surface area contributed by atoms with Crippen molar-refractivity contribution < 1.29 is 9.21 Å². The van der Waals surface area contributed by atoms with Crippen molar-refractivity contribution in [3.8, 4) is 0 Å². The second-order valence-electron chi connectivity index (χ2n) is 7.20. The van der Waals surface area contributed by atoms with Crippen LogP contribution >= 0.6 is 24.0 Å². The van der Waals surface area contributed by atoms with E-state index in [2.05, 4.69) is 45.5 Å². The average molecular weight is 494 g/mol. The van der Waals surface area contributed by atoms with Gasteiger partial charge in [-0.3, -0.25) is 9.79 Å². The number of rotatable bonds is 4. The minimum absolute atomic E-state index is 0. The van der Waals surface area contributed by atoms with Crippen molar-refractivity contribution in [3.05, 3.63) is 60.1 Å². The lowest BCUT2D eigenvalue weighted by atomic mass is 10.1. The van der Waals surface area contributed by atoms with E-state index in [1.54, 1.807) is 12.1 Å². The number of benzene rings is 1. The molecule has 1 aliphatic carbocycles. The van der Waals surface area contributed by atoms with Gasteiger partial charge < -0.3 is 19.5 Å². The number of nitrogens with zero attached hydrogens (tertiary/aromatic N) is 3. The number of hydrogen-bond donors (Lipinski definition) is 1. The highest BCUT2D eigenvalue weighted by Gasteiger charge is 2.38. The summed E-state index contributed by atoms with van der Waals surface area (Å²) < 4.78 is 5.22. The summed E-state index contributed by atoms with van der Waals surface area (Å²) in [5, 5.41) is 3.53. The highest BCUT2D eigenvalue weighted by molar-refractivity contribution is 14.0. The van der Waals surface area contributed by atoms with Crippen molar-refractivity contribution in [1.29, 1.82) is 0 Å². The standard InChI is InChI=1S/C21H26N4O2.HI/c1-22-21(23-15-17-14-18(17)16-6-3-2-4-7-16)25-11-9-24(10-12-25)20(26)19-8-5-13-27-19;/h2-8,13,17-18H,9-12,14-15H2,1H3,(H,22,23);1H. The molecule has 1 amide bonds. The lowest BCUT2D eigenvalue weighted by Crippen LogP contribution is -2.54. The second-order valence-corrected chi connectivity index (χ2v) is 7.20. The third-order valence-corrected chi connectivity index (χ3v) is 5.48. The Morgan fingerprint density at radius 1 is 1.11 bits per heavy atom. The molecule has 1 aromatic carbocycles. The summed E-state index contributed by atoms with van der Waals surface area (Å²) in [5.41, 5.74) is 1.43. The molecule has 28 heavy (non-hydrogen) atoms. The van der Waals surface area contributed by atoms with Crippen LogP contribution in [0.2, 0.25) is 0 Å². The van der Waals surface area contributed by atoms with Gasteiger partial charge in [0, 0.05) is 39.8 Å². The maximum atomic E-state index is 12.4. The fraction of sp³-hybridized carbons (Fsp3) is 0.429. The van der Waals surface area contributed by atoms with E-state index in [1.165, 1.54) is 18.2 Å². The number of furan rings is 1. The summed E-state index contributed by atoms with van der Waals surface area (Å²) >= 11 is 0. The van der Waals surface area contributed by atoms with Crippen molar-refractivity contribution in [2.45, 2.75) is 12.3 Å². The molecule has 1 saturated carbocycles. The van der Waals surface area contributed by atoms with E-state index in [0.717, 1.165) is 25.6 Å². The molecule has 1 saturated heterocycles. The number of hydrogen-bond acceptors (Lipinski definition) is 3. The fourth-order valence-electron chi connectivity index (χ4n) is 3.81. The molecule has 0 bridgehead atoms. The summed E-state index contributed by atoms with van der Waals surface area (Å²) in [6.07, 6.45) is 2.77. The van der Waals surface area contributed by atoms with E-state index >= 15 is 0 Å². The summed E-state index contributed by atoms with van der Waals surface area (Å²) in [4.78, 5) is 20.9. The summed E-state index contributed by atoms with van der Waals surface area (Å²) in [6, 6.07) is 14.2. The van der Waals surface area contributed by atoms with Gasteiger partial charge in [0.2, 0.25) is 0 Å². The molecule has 2 unspecified atom stereocenters.